The fraction of sp³-hybridized carbons (Fsp3) is 0.375. The van der Waals surface area contributed by atoms with Gasteiger partial charge >= 0.3 is 0 Å². The molecule has 0 spiro atoms. The summed E-state index contributed by atoms with van der Waals surface area (Å²) in [6, 6.07) is 5.67. The zero-order valence-corrected chi connectivity index (χ0v) is 14.3. The molecular weight excluding hydrogens is 335 g/mol. The number of aromatic nitrogens is 2. The third-order valence-corrected chi connectivity index (χ3v) is 4.38. The van der Waals surface area contributed by atoms with Crippen LogP contribution in [0.2, 0.25) is 10.0 Å². The number of halogens is 2. The molecule has 1 N–H and O–H groups in total. The Kier molecular flexibility index (Phi) is 5.20. The normalized spacial score (nSPS) is 18.0. The summed E-state index contributed by atoms with van der Waals surface area (Å²) in [6.07, 6.45) is 3.37. The smallest absolute Gasteiger partial charge is 0.234 e. The van der Waals surface area contributed by atoms with Gasteiger partial charge in [-0.3, -0.25) is 4.98 Å². The van der Waals surface area contributed by atoms with Gasteiger partial charge in [0.1, 0.15) is 6.61 Å². The van der Waals surface area contributed by atoms with Crippen molar-refractivity contribution in [1.82, 2.24) is 15.3 Å². The van der Waals surface area contributed by atoms with E-state index in [1.165, 1.54) is 0 Å². The van der Waals surface area contributed by atoms with Crippen molar-refractivity contribution in [3.63, 3.8) is 0 Å². The highest BCUT2D eigenvalue weighted by molar-refractivity contribution is 6.33. The fourth-order valence-corrected chi connectivity index (χ4v) is 2.90. The van der Waals surface area contributed by atoms with Crippen LogP contribution in [0, 0.1) is 0 Å². The van der Waals surface area contributed by atoms with Gasteiger partial charge in [-0.2, -0.15) is 4.98 Å². The molecule has 1 atom stereocenters. The van der Waals surface area contributed by atoms with E-state index in [0.29, 0.717) is 28.6 Å². The Hall–Kier alpha value is -1.56. The largest absolute Gasteiger partial charge is 0.472 e. The third-order valence-electron chi connectivity index (χ3n) is 3.78. The van der Waals surface area contributed by atoms with Gasteiger partial charge in [-0.25, -0.2) is 0 Å². The van der Waals surface area contributed by atoms with Crippen LogP contribution in [0.3, 0.4) is 0 Å². The van der Waals surface area contributed by atoms with Gasteiger partial charge in [-0.1, -0.05) is 23.2 Å². The lowest BCUT2D eigenvalue weighted by atomic mass is 10.2. The lowest BCUT2D eigenvalue weighted by Gasteiger charge is -2.34. The van der Waals surface area contributed by atoms with Crippen molar-refractivity contribution in [2.75, 3.05) is 24.5 Å². The molecule has 0 radical (unpaired) electrons. The first kappa shape index (κ1) is 16.3. The minimum absolute atomic E-state index is 0.300. The van der Waals surface area contributed by atoms with Crippen LogP contribution in [0.5, 0.6) is 5.88 Å². The van der Waals surface area contributed by atoms with Crippen LogP contribution in [0.4, 0.5) is 5.82 Å². The Labute approximate surface area is 145 Å². The van der Waals surface area contributed by atoms with Gasteiger partial charge in [-0.15, -0.1) is 0 Å². The van der Waals surface area contributed by atoms with Crippen LogP contribution < -0.4 is 15.0 Å². The van der Waals surface area contributed by atoms with E-state index in [4.69, 9.17) is 27.9 Å². The predicted octanol–water partition coefficient (Wildman–Crippen LogP) is 3.16. The lowest BCUT2D eigenvalue weighted by Crippen LogP contribution is -2.50. The van der Waals surface area contributed by atoms with Crippen molar-refractivity contribution in [2.24, 2.45) is 0 Å². The summed E-state index contributed by atoms with van der Waals surface area (Å²) in [5.74, 6) is 1.30. The van der Waals surface area contributed by atoms with E-state index >= 15 is 0 Å². The molecule has 23 heavy (non-hydrogen) atoms. The summed E-state index contributed by atoms with van der Waals surface area (Å²) in [4.78, 5) is 11.0. The average Bonchev–Trinajstić information content (AvgIpc) is 2.56. The van der Waals surface area contributed by atoms with E-state index in [1.807, 2.05) is 0 Å². The van der Waals surface area contributed by atoms with Crippen molar-refractivity contribution in [1.29, 1.82) is 0 Å². The number of benzene rings is 1. The van der Waals surface area contributed by atoms with Crippen molar-refractivity contribution in [2.45, 2.75) is 19.6 Å². The molecule has 5 nitrogen and oxygen atoms in total. The number of ether oxygens (including phenoxy) is 1. The molecule has 0 saturated carbocycles. The van der Waals surface area contributed by atoms with Gasteiger partial charge in [0.15, 0.2) is 5.82 Å². The molecule has 2 aromatic rings. The van der Waals surface area contributed by atoms with E-state index in [9.17, 15) is 0 Å². The second kappa shape index (κ2) is 7.34. The lowest BCUT2D eigenvalue weighted by molar-refractivity contribution is 0.292. The topological polar surface area (TPSA) is 50.3 Å². The van der Waals surface area contributed by atoms with Gasteiger partial charge in [0, 0.05) is 41.3 Å². The van der Waals surface area contributed by atoms with Gasteiger partial charge in [0.05, 0.1) is 12.4 Å². The van der Waals surface area contributed by atoms with Crippen LogP contribution in [0.1, 0.15) is 12.5 Å². The molecule has 7 heteroatoms. The quantitative estimate of drug-likeness (QED) is 0.915. The first-order chi connectivity index (χ1) is 11.1. The first-order valence-corrected chi connectivity index (χ1v) is 8.25. The summed E-state index contributed by atoms with van der Waals surface area (Å²) in [5, 5.41) is 4.61. The van der Waals surface area contributed by atoms with Gasteiger partial charge in [0.2, 0.25) is 5.88 Å². The van der Waals surface area contributed by atoms with Gasteiger partial charge in [-0.05, 0) is 25.1 Å². The predicted molar refractivity (Wildman–Crippen MR) is 92.5 cm³/mol. The van der Waals surface area contributed by atoms with Gasteiger partial charge in [0.25, 0.3) is 0 Å². The van der Waals surface area contributed by atoms with Crippen molar-refractivity contribution >= 4 is 29.0 Å². The fourth-order valence-electron chi connectivity index (χ4n) is 2.53. The summed E-state index contributed by atoms with van der Waals surface area (Å²) in [6.45, 7) is 5.24. The number of rotatable bonds is 4. The standard InChI is InChI=1S/C16H18Cl2N4O/c1-11-7-19-4-5-22(11)15-8-20-9-16(21-15)23-10-12-6-13(17)2-3-14(12)18/h2-3,6,8-9,11,19H,4-5,7,10H2,1H3/t11-/m1/s1. The van der Waals surface area contributed by atoms with E-state index in [1.54, 1.807) is 30.6 Å². The van der Waals surface area contributed by atoms with Crippen LogP contribution in [0.15, 0.2) is 30.6 Å². The zero-order chi connectivity index (χ0) is 16.2. The van der Waals surface area contributed by atoms with Crippen molar-refractivity contribution in [3.05, 3.63) is 46.2 Å². The Morgan fingerprint density at radius 2 is 2.22 bits per heavy atom. The maximum atomic E-state index is 6.14. The molecule has 1 saturated heterocycles. The minimum Gasteiger partial charge on any atom is -0.472 e. The monoisotopic (exact) mass is 352 g/mol. The molecule has 3 rings (SSSR count). The summed E-state index contributed by atoms with van der Waals surface area (Å²) in [7, 11) is 0. The molecule has 1 aromatic carbocycles. The average molecular weight is 353 g/mol. The number of anilines is 1. The van der Waals surface area contributed by atoms with Crippen LogP contribution in [-0.2, 0) is 6.61 Å². The van der Waals surface area contributed by atoms with Crippen LogP contribution in [0.25, 0.3) is 0 Å². The van der Waals surface area contributed by atoms with E-state index in [0.717, 1.165) is 31.0 Å². The molecule has 0 amide bonds. The third kappa shape index (κ3) is 4.05. The Morgan fingerprint density at radius 3 is 3.04 bits per heavy atom. The highest BCUT2D eigenvalue weighted by Gasteiger charge is 2.20. The highest BCUT2D eigenvalue weighted by atomic mass is 35.5. The van der Waals surface area contributed by atoms with E-state index in [-0.39, 0.29) is 0 Å². The van der Waals surface area contributed by atoms with Crippen LogP contribution in [-0.4, -0.2) is 35.6 Å². The molecule has 1 aliphatic rings. The zero-order valence-electron chi connectivity index (χ0n) is 12.8. The molecule has 2 heterocycles. The molecule has 1 fully saturated rings. The van der Waals surface area contributed by atoms with Gasteiger partial charge < -0.3 is 15.0 Å². The molecule has 1 aliphatic heterocycles. The van der Waals surface area contributed by atoms with Crippen molar-refractivity contribution < 1.29 is 4.74 Å². The molecule has 0 aliphatic carbocycles. The molecule has 122 valence electrons. The minimum atomic E-state index is 0.300. The summed E-state index contributed by atoms with van der Waals surface area (Å²) >= 11 is 12.1. The maximum absolute atomic E-state index is 6.14. The number of piperazine rings is 1. The second-order valence-corrected chi connectivity index (χ2v) is 6.33. The Bertz CT molecular complexity index is 683. The summed E-state index contributed by atoms with van der Waals surface area (Å²) < 4.78 is 5.74. The molecule has 0 unspecified atom stereocenters. The molecule has 1 aromatic heterocycles. The van der Waals surface area contributed by atoms with Crippen molar-refractivity contribution in [3.8, 4) is 5.88 Å². The molecule has 0 bridgehead atoms. The number of hydrogen-bond donors (Lipinski definition) is 1. The molecular formula is C16H18Cl2N4O. The maximum Gasteiger partial charge on any atom is 0.234 e. The summed E-state index contributed by atoms with van der Waals surface area (Å²) in [5.41, 5.74) is 0.821. The SMILES string of the molecule is C[C@@H]1CNCCN1c1cncc(OCc2cc(Cl)ccc2Cl)n1. The number of nitrogens with one attached hydrogen (secondary N) is 1. The van der Waals surface area contributed by atoms with E-state index in [2.05, 4.69) is 27.1 Å². The van der Waals surface area contributed by atoms with Crippen LogP contribution >= 0.6 is 23.2 Å². The second-order valence-electron chi connectivity index (χ2n) is 5.49. The Morgan fingerprint density at radius 1 is 1.35 bits per heavy atom. The Balaban J connectivity index is 1.71. The first-order valence-electron chi connectivity index (χ1n) is 7.49. The van der Waals surface area contributed by atoms with E-state index < -0.39 is 0 Å². The number of hydrogen-bond acceptors (Lipinski definition) is 5. The number of nitrogens with zero attached hydrogens (tertiary/aromatic N) is 3. The highest BCUT2D eigenvalue weighted by Crippen LogP contribution is 2.23.